The molecule has 0 saturated heterocycles. The topological polar surface area (TPSA) is 49.4 Å². The normalized spacial score (nSPS) is 15.5. The van der Waals surface area contributed by atoms with Crippen molar-refractivity contribution in [1.82, 2.24) is 5.32 Å². The fraction of sp³-hybridized carbons (Fsp3) is 0.154. The molecule has 0 unspecified atom stereocenters. The molecule has 1 aliphatic heterocycles. The minimum Gasteiger partial charge on any atom is -0.346 e. The number of amides is 2. The first-order chi connectivity index (χ1) is 14.9. The smallest absolute Gasteiger partial charge is 0.264 e. The van der Waals surface area contributed by atoms with E-state index in [-0.39, 0.29) is 17.9 Å². The molecule has 4 rings (SSSR count). The van der Waals surface area contributed by atoms with Crippen LogP contribution < -0.4 is 10.2 Å². The van der Waals surface area contributed by atoms with Crippen LogP contribution in [0.1, 0.15) is 40.0 Å². The quantitative estimate of drug-likeness (QED) is 0.551. The zero-order valence-corrected chi connectivity index (χ0v) is 18.6. The monoisotopic (exact) mass is 428 g/mol. The highest BCUT2D eigenvalue weighted by atomic mass is 32.2. The van der Waals surface area contributed by atoms with Crippen LogP contribution in [-0.2, 0) is 4.79 Å². The lowest BCUT2D eigenvalue weighted by Crippen LogP contribution is -2.31. The second kappa shape index (κ2) is 8.82. The van der Waals surface area contributed by atoms with Crippen LogP contribution in [-0.4, -0.2) is 18.9 Å². The van der Waals surface area contributed by atoms with Gasteiger partial charge in [-0.15, -0.1) is 0 Å². The number of hydrogen-bond donors (Lipinski definition) is 1. The maximum atomic E-state index is 13.0. The Kier molecular flexibility index (Phi) is 5.96. The summed E-state index contributed by atoms with van der Waals surface area (Å²) in [5.74, 6) is -0.234. The number of carbonyl (C=O) groups excluding carboxylic acids is 2. The molecule has 156 valence electrons. The molecule has 0 spiro atoms. The number of aryl methyl sites for hydroxylation is 1. The third-order valence-corrected chi connectivity index (χ3v) is 6.52. The summed E-state index contributed by atoms with van der Waals surface area (Å²) in [4.78, 5) is 29.0. The summed E-state index contributed by atoms with van der Waals surface area (Å²) >= 11 is 1.44. The maximum absolute atomic E-state index is 13.0. The zero-order chi connectivity index (χ0) is 22.0. The van der Waals surface area contributed by atoms with E-state index in [9.17, 15) is 9.59 Å². The molecule has 0 fully saturated rings. The van der Waals surface area contributed by atoms with Gasteiger partial charge in [-0.05, 0) is 54.8 Å². The Labute approximate surface area is 187 Å². The van der Waals surface area contributed by atoms with Crippen LogP contribution in [0.25, 0.3) is 6.08 Å². The first-order valence-corrected chi connectivity index (χ1v) is 11.0. The van der Waals surface area contributed by atoms with Gasteiger partial charge in [0.1, 0.15) is 0 Å². The number of hydrogen-bond acceptors (Lipinski definition) is 3. The summed E-state index contributed by atoms with van der Waals surface area (Å²) in [5.41, 5.74) is 4.48. The summed E-state index contributed by atoms with van der Waals surface area (Å²) < 4.78 is 0. The Balaban J connectivity index is 1.57. The summed E-state index contributed by atoms with van der Waals surface area (Å²) in [6.07, 6.45) is 1.93. The lowest BCUT2D eigenvalue weighted by molar-refractivity contribution is -0.114. The number of thioether (sulfide) groups is 1. The van der Waals surface area contributed by atoms with E-state index in [4.69, 9.17) is 0 Å². The fourth-order valence-electron chi connectivity index (χ4n) is 3.53. The van der Waals surface area contributed by atoms with Gasteiger partial charge in [0.25, 0.3) is 11.8 Å². The Hall–Kier alpha value is -3.31. The minimum absolute atomic E-state index is 0.0732. The molecule has 0 aliphatic carbocycles. The third kappa shape index (κ3) is 4.42. The van der Waals surface area contributed by atoms with E-state index in [1.807, 2.05) is 86.7 Å². The molecule has 2 amide bonds. The van der Waals surface area contributed by atoms with E-state index < -0.39 is 0 Å². The van der Waals surface area contributed by atoms with Gasteiger partial charge < -0.3 is 10.2 Å². The molecule has 31 heavy (non-hydrogen) atoms. The maximum Gasteiger partial charge on any atom is 0.264 e. The Morgan fingerprint density at radius 3 is 2.48 bits per heavy atom. The molecule has 3 aromatic rings. The van der Waals surface area contributed by atoms with Gasteiger partial charge in [0, 0.05) is 17.5 Å². The van der Waals surface area contributed by atoms with Gasteiger partial charge in [-0.1, -0.05) is 66.4 Å². The highest BCUT2D eigenvalue weighted by Gasteiger charge is 2.27. The molecule has 0 aromatic heterocycles. The van der Waals surface area contributed by atoms with E-state index in [1.165, 1.54) is 11.8 Å². The molecule has 1 atom stereocenters. The zero-order valence-electron chi connectivity index (χ0n) is 17.8. The number of carbonyl (C=O) groups is 2. The van der Waals surface area contributed by atoms with Crippen molar-refractivity contribution >= 4 is 35.3 Å². The number of nitrogens with one attached hydrogen (secondary N) is 1. The van der Waals surface area contributed by atoms with E-state index in [2.05, 4.69) is 5.32 Å². The van der Waals surface area contributed by atoms with Crippen molar-refractivity contribution in [2.24, 2.45) is 0 Å². The summed E-state index contributed by atoms with van der Waals surface area (Å²) in [5, 5.41) is 3.03. The number of fused-ring (bicyclic) bond motifs is 1. The highest BCUT2D eigenvalue weighted by molar-refractivity contribution is 8.04. The van der Waals surface area contributed by atoms with Crippen molar-refractivity contribution in [2.45, 2.75) is 24.8 Å². The Bertz CT molecular complexity index is 1170. The largest absolute Gasteiger partial charge is 0.346 e. The van der Waals surface area contributed by atoms with E-state index >= 15 is 0 Å². The predicted molar refractivity (Wildman–Crippen MR) is 127 cm³/mol. The van der Waals surface area contributed by atoms with Gasteiger partial charge in [0.15, 0.2) is 0 Å². The van der Waals surface area contributed by atoms with Gasteiger partial charge in [-0.25, -0.2) is 0 Å². The molecule has 5 heteroatoms. The van der Waals surface area contributed by atoms with Gasteiger partial charge >= 0.3 is 0 Å². The molecular formula is C26H24N2O2S. The van der Waals surface area contributed by atoms with Gasteiger partial charge in [0.05, 0.1) is 16.6 Å². The highest BCUT2D eigenvalue weighted by Crippen LogP contribution is 2.42. The molecule has 1 aliphatic rings. The van der Waals surface area contributed by atoms with Gasteiger partial charge in [0.2, 0.25) is 0 Å². The molecule has 1 heterocycles. The molecule has 4 nitrogen and oxygen atoms in total. The molecule has 0 radical (unpaired) electrons. The van der Waals surface area contributed by atoms with Crippen molar-refractivity contribution in [3.05, 3.63) is 100.0 Å². The van der Waals surface area contributed by atoms with Crippen LogP contribution in [0.4, 0.5) is 5.69 Å². The molecule has 1 N–H and O–H groups in total. The Morgan fingerprint density at radius 1 is 1.03 bits per heavy atom. The van der Waals surface area contributed by atoms with E-state index in [0.717, 1.165) is 27.3 Å². The number of anilines is 1. The van der Waals surface area contributed by atoms with Crippen molar-refractivity contribution < 1.29 is 9.59 Å². The SMILES string of the molecule is Cc1ccccc1/C=C1\Sc2ccc(C(=O)N[C@@H](C)c3ccccc3)cc2N(C)C1=O. The third-order valence-electron chi connectivity index (χ3n) is 5.44. The first kappa shape index (κ1) is 20.9. The summed E-state index contributed by atoms with van der Waals surface area (Å²) in [6.45, 7) is 3.99. The van der Waals surface area contributed by atoms with E-state index in [0.29, 0.717) is 10.5 Å². The number of benzene rings is 3. The second-order valence-electron chi connectivity index (χ2n) is 7.62. The average Bonchev–Trinajstić information content (AvgIpc) is 2.79. The molecule has 0 bridgehead atoms. The van der Waals surface area contributed by atoms with Gasteiger partial charge in [-0.3, -0.25) is 9.59 Å². The number of likely N-dealkylation sites (N-methyl/N-ethyl adjacent to an activating group) is 1. The van der Waals surface area contributed by atoms with Crippen LogP contribution in [0.3, 0.4) is 0 Å². The Morgan fingerprint density at radius 2 is 1.74 bits per heavy atom. The van der Waals surface area contributed by atoms with Crippen molar-refractivity contribution in [3.8, 4) is 0 Å². The molecular weight excluding hydrogens is 404 g/mol. The van der Waals surface area contributed by atoms with Crippen molar-refractivity contribution in [1.29, 1.82) is 0 Å². The van der Waals surface area contributed by atoms with Crippen LogP contribution >= 0.6 is 11.8 Å². The summed E-state index contributed by atoms with van der Waals surface area (Å²) in [6, 6.07) is 23.2. The minimum atomic E-state index is -0.161. The van der Waals surface area contributed by atoms with Crippen LogP contribution in [0, 0.1) is 6.92 Å². The average molecular weight is 429 g/mol. The lowest BCUT2D eigenvalue weighted by Gasteiger charge is -2.27. The van der Waals surface area contributed by atoms with E-state index in [1.54, 1.807) is 18.0 Å². The molecule has 0 saturated carbocycles. The van der Waals surface area contributed by atoms with Crippen molar-refractivity contribution in [2.75, 3.05) is 11.9 Å². The van der Waals surface area contributed by atoms with Crippen LogP contribution in [0.2, 0.25) is 0 Å². The van der Waals surface area contributed by atoms with Crippen LogP contribution in [0.15, 0.2) is 82.6 Å². The number of rotatable bonds is 4. The first-order valence-electron chi connectivity index (χ1n) is 10.2. The number of nitrogens with zero attached hydrogens (tertiary/aromatic N) is 1. The van der Waals surface area contributed by atoms with Crippen LogP contribution in [0.5, 0.6) is 0 Å². The molecule has 3 aromatic carbocycles. The van der Waals surface area contributed by atoms with Crippen molar-refractivity contribution in [3.63, 3.8) is 0 Å². The lowest BCUT2D eigenvalue weighted by atomic mass is 10.1. The van der Waals surface area contributed by atoms with Gasteiger partial charge in [-0.2, -0.15) is 0 Å². The fourth-order valence-corrected chi connectivity index (χ4v) is 4.61. The second-order valence-corrected chi connectivity index (χ2v) is 8.70. The predicted octanol–water partition coefficient (Wildman–Crippen LogP) is 5.60. The standard InChI is InChI=1S/C26H24N2O2S/c1-17-9-7-8-12-20(17)16-24-26(30)28(3)22-15-21(13-14-23(22)31-24)25(29)27-18(2)19-10-5-4-6-11-19/h4-16,18H,1-3H3,(H,27,29)/b24-16-/t18-/m0/s1. The summed E-state index contributed by atoms with van der Waals surface area (Å²) in [7, 11) is 1.75.